The van der Waals surface area contributed by atoms with Gasteiger partial charge in [0.05, 0.1) is 12.6 Å². The number of hydrogen-bond donors (Lipinski definition) is 3. The van der Waals surface area contributed by atoms with Gasteiger partial charge in [-0.05, 0) is 12.8 Å². The quantitative estimate of drug-likeness (QED) is 0.635. The summed E-state index contributed by atoms with van der Waals surface area (Å²) in [4.78, 5) is 23.0. The Labute approximate surface area is 97.4 Å². The number of likely N-dealkylation sites (tertiary alicyclic amines) is 1. The van der Waals surface area contributed by atoms with Gasteiger partial charge in [0.25, 0.3) is 0 Å². The summed E-state index contributed by atoms with van der Waals surface area (Å²) in [5, 5.41) is 27.5. The maximum atomic E-state index is 11.2. The SMILES string of the molecule is O=C(O)N1CC(O)CC1(CCCCl)C(=O)O. The van der Waals surface area contributed by atoms with Crippen LogP contribution in [-0.2, 0) is 4.79 Å². The van der Waals surface area contributed by atoms with Gasteiger partial charge in [0.1, 0.15) is 5.54 Å². The van der Waals surface area contributed by atoms with Crippen molar-refractivity contribution in [1.82, 2.24) is 4.90 Å². The first-order valence-electron chi connectivity index (χ1n) is 4.92. The maximum absolute atomic E-state index is 11.2. The van der Waals surface area contributed by atoms with Crippen LogP contribution in [0.5, 0.6) is 0 Å². The van der Waals surface area contributed by atoms with Crippen LogP contribution in [0.15, 0.2) is 0 Å². The summed E-state index contributed by atoms with van der Waals surface area (Å²) < 4.78 is 0. The van der Waals surface area contributed by atoms with E-state index in [-0.39, 0.29) is 25.3 Å². The molecule has 1 saturated heterocycles. The molecule has 0 saturated carbocycles. The lowest BCUT2D eigenvalue weighted by Gasteiger charge is -2.32. The van der Waals surface area contributed by atoms with E-state index < -0.39 is 23.7 Å². The van der Waals surface area contributed by atoms with Crippen LogP contribution in [0.25, 0.3) is 0 Å². The summed E-state index contributed by atoms with van der Waals surface area (Å²) in [5.74, 6) is -0.963. The van der Waals surface area contributed by atoms with Crippen molar-refractivity contribution in [2.24, 2.45) is 0 Å². The molecule has 0 aliphatic carbocycles. The van der Waals surface area contributed by atoms with Crippen molar-refractivity contribution in [3.05, 3.63) is 0 Å². The Kier molecular flexibility index (Phi) is 3.98. The number of aliphatic hydroxyl groups is 1. The molecule has 0 bridgehead atoms. The van der Waals surface area contributed by atoms with Gasteiger partial charge in [-0.2, -0.15) is 0 Å². The number of aliphatic carboxylic acids is 1. The number of carboxylic acids is 1. The fraction of sp³-hybridized carbons (Fsp3) is 0.778. The van der Waals surface area contributed by atoms with Gasteiger partial charge >= 0.3 is 12.1 Å². The van der Waals surface area contributed by atoms with E-state index in [4.69, 9.17) is 21.8 Å². The predicted octanol–water partition coefficient (Wildman–Crippen LogP) is 0.573. The molecule has 0 aromatic rings. The standard InChI is InChI=1S/C9H14ClNO5/c10-3-1-2-9(7(13)14)4-6(12)5-11(9)8(15)16/h6,12H,1-5H2,(H,13,14)(H,15,16). The summed E-state index contributed by atoms with van der Waals surface area (Å²) in [6.07, 6.45) is -1.82. The lowest BCUT2D eigenvalue weighted by atomic mass is 9.90. The molecule has 1 aliphatic rings. The van der Waals surface area contributed by atoms with Crippen molar-refractivity contribution in [2.45, 2.75) is 30.9 Å². The highest BCUT2D eigenvalue weighted by Crippen LogP contribution is 2.34. The molecule has 1 rings (SSSR count). The Morgan fingerprint density at radius 1 is 1.44 bits per heavy atom. The number of amides is 1. The van der Waals surface area contributed by atoms with Crippen molar-refractivity contribution in [3.8, 4) is 0 Å². The Bertz CT molecular complexity index is 298. The monoisotopic (exact) mass is 251 g/mol. The normalized spacial score (nSPS) is 29.4. The molecule has 16 heavy (non-hydrogen) atoms. The number of carboxylic acid groups (broad SMARTS) is 2. The van der Waals surface area contributed by atoms with Crippen molar-refractivity contribution in [1.29, 1.82) is 0 Å². The zero-order valence-corrected chi connectivity index (χ0v) is 9.35. The molecule has 1 fully saturated rings. The summed E-state index contributed by atoms with van der Waals surface area (Å²) >= 11 is 5.49. The van der Waals surface area contributed by atoms with Crippen molar-refractivity contribution in [3.63, 3.8) is 0 Å². The summed E-state index contributed by atoms with van der Waals surface area (Å²) in [7, 11) is 0. The molecule has 0 radical (unpaired) electrons. The minimum absolute atomic E-state index is 0.0779. The number of rotatable bonds is 4. The first-order valence-corrected chi connectivity index (χ1v) is 5.45. The molecule has 0 aromatic heterocycles. The molecular weight excluding hydrogens is 238 g/mol. The van der Waals surface area contributed by atoms with Crippen LogP contribution in [0.1, 0.15) is 19.3 Å². The van der Waals surface area contributed by atoms with E-state index in [1.165, 1.54) is 0 Å². The number of halogens is 1. The molecule has 0 spiro atoms. The van der Waals surface area contributed by atoms with Crippen LogP contribution in [0, 0.1) is 0 Å². The number of carbonyl (C=O) groups is 2. The second kappa shape index (κ2) is 4.88. The second-order valence-electron chi connectivity index (χ2n) is 3.88. The fourth-order valence-corrected chi connectivity index (χ4v) is 2.25. The molecule has 6 nitrogen and oxygen atoms in total. The summed E-state index contributed by atoms with van der Waals surface area (Å²) in [6.45, 7) is -0.163. The Balaban J connectivity index is 2.96. The average molecular weight is 252 g/mol. The van der Waals surface area contributed by atoms with Gasteiger partial charge < -0.3 is 15.3 Å². The zero-order chi connectivity index (χ0) is 12.3. The number of alkyl halides is 1. The van der Waals surface area contributed by atoms with Gasteiger partial charge in [-0.3, -0.25) is 4.90 Å². The van der Waals surface area contributed by atoms with E-state index in [0.29, 0.717) is 6.42 Å². The van der Waals surface area contributed by atoms with Crippen LogP contribution < -0.4 is 0 Å². The third-order valence-electron chi connectivity index (χ3n) is 2.84. The smallest absolute Gasteiger partial charge is 0.408 e. The minimum Gasteiger partial charge on any atom is -0.479 e. The lowest BCUT2D eigenvalue weighted by molar-refractivity contribution is -0.149. The maximum Gasteiger partial charge on any atom is 0.408 e. The highest BCUT2D eigenvalue weighted by Gasteiger charge is 2.53. The predicted molar refractivity (Wildman–Crippen MR) is 55.7 cm³/mol. The molecule has 92 valence electrons. The van der Waals surface area contributed by atoms with E-state index >= 15 is 0 Å². The molecule has 3 N–H and O–H groups in total. The van der Waals surface area contributed by atoms with E-state index in [2.05, 4.69) is 0 Å². The van der Waals surface area contributed by atoms with Gasteiger partial charge in [-0.15, -0.1) is 11.6 Å². The molecule has 7 heteroatoms. The van der Waals surface area contributed by atoms with E-state index in [9.17, 15) is 14.7 Å². The van der Waals surface area contributed by atoms with Crippen molar-refractivity contribution in [2.75, 3.05) is 12.4 Å². The van der Waals surface area contributed by atoms with Crippen molar-refractivity contribution >= 4 is 23.7 Å². The lowest BCUT2D eigenvalue weighted by Crippen LogP contribution is -2.52. The van der Waals surface area contributed by atoms with Crippen LogP contribution in [0.3, 0.4) is 0 Å². The van der Waals surface area contributed by atoms with Crippen molar-refractivity contribution < 1.29 is 24.9 Å². The minimum atomic E-state index is -1.53. The van der Waals surface area contributed by atoms with Gasteiger partial charge in [-0.1, -0.05) is 0 Å². The molecule has 1 aliphatic heterocycles. The van der Waals surface area contributed by atoms with Gasteiger partial charge in [0.2, 0.25) is 0 Å². The van der Waals surface area contributed by atoms with Gasteiger partial charge in [-0.25, -0.2) is 9.59 Å². The third-order valence-corrected chi connectivity index (χ3v) is 3.10. The Morgan fingerprint density at radius 2 is 2.06 bits per heavy atom. The topological polar surface area (TPSA) is 98.1 Å². The van der Waals surface area contributed by atoms with Crippen LogP contribution >= 0.6 is 11.6 Å². The largest absolute Gasteiger partial charge is 0.479 e. The highest BCUT2D eigenvalue weighted by molar-refractivity contribution is 6.17. The Hall–Kier alpha value is -1.01. The molecule has 1 heterocycles. The number of nitrogens with zero attached hydrogens (tertiary/aromatic N) is 1. The molecule has 1 amide bonds. The first kappa shape index (κ1) is 13.1. The first-order chi connectivity index (χ1) is 7.44. The number of β-amino-alcohol motifs (C(OH)–C–C–N with tert-alkyl or cyclic N) is 1. The van der Waals surface area contributed by atoms with Crippen LogP contribution in [0.2, 0.25) is 0 Å². The molecule has 0 aromatic carbocycles. The number of aliphatic hydroxyl groups excluding tert-OH is 1. The Morgan fingerprint density at radius 3 is 2.50 bits per heavy atom. The van der Waals surface area contributed by atoms with Gasteiger partial charge in [0, 0.05) is 12.3 Å². The molecule has 2 atom stereocenters. The van der Waals surface area contributed by atoms with E-state index in [0.717, 1.165) is 4.90 Å². The molecular formula is C9H14ClNO5. The van der Waals surface area contributed by atoms with E-state index in [1.54, 1.807) is 0 Å². The van der Waals surface area contributed by atoms with Crippen LogP contribution in [-0.4, -0.2) is 56.3 Å². The van der Waals surface area contributed by atoms with E-state index in [1.807, 2.05) is 0 Å². The highest BCUT2D eigenvalue weighted by atomic mass is 35.5. The van der Waals surface area contributed by atoms with Gasteiger partial charge in [0.15, 0.2) is 0 Å². The molecule has 2 unspecified atom stereocenters. The number of hydrogen-bond acceptors (Lipinski definition) is 3. The fourth-order valence-electron chi connectivity index (χ4n) is 2.12. The van der Waals surface area contributed by atoms with Crippen LogP contribution in [0.4, 0.5) is 4.79 Å². The zero-order valence-electron chi connectivity index (χ0n) is 8.60. The summed E-state index contributed by atoms with van der Waals surface area (Å²) in [5.41, 5.74) is -1.53. The second-order valence-corrected chi connectivity index (χ2v) is 4.26. The third kappa shape index (κ3) is 2.22. The average Bonchev–Trinajstić information content (AvgIpc) is 2.54. The summed E-state index contributed by atoms with van der Waals surface area (Å²) in [6, 6.07) is 0.